The van der Waals surface area contributed by atoms with E-state index in [1.807, 2.05) is 0 Å². The summed E-state index contributed by atoms with van der Waals surface area (Å²) < 4.78 is 27.7. The van der Waals surface area contributed by atoms with Gasteiger partial charge in [-0.15, -0.1) is 12.6 Å². The first-order chi connectivity index (χ1) is 6.02. The maximum atomic E-state index is 11.8. The third-order valence-corrected chi connectivity index (χ3v) is 2.67. The summed E-state index contributed by atoms with van der Waals surface area (Å²) in [6, 6.07) is 2.64. The number of thiol groups is 1. The maximum absolute atomic E-state index is 11.8. The van der Waals surface area contributed by atoms with E-state index in [0.717, 1.165) is 0 Å². The molecule has 0 saturated carbocycles. The van der Waals surface area contributed by atoms with Gasteiger partial charge in [0.15, 0.2) is 0 Å². The first-order valence-corrected chi connectivity index (χ1v) is 4.34. The first kappa shape index (κ1) is 10.9. The third-order valence-electron chi connectivity index (χ3n) is 1.25. The Kier molecular flexibility index (Phi) is 3.64. The van der Waals surface area contributed by atoms with Crippen molar-refractivity contribution in [2.24, 2.45) is 0 Å². The Morgan fingerprint density at radius 1 is 1.31 bits per heavy atom. The minimum Gasteiger partial charge on any atom is -0.433 e. The summed E-state index contributed by atoms with van der Waals surface area (Å²) in [4.78, 5) is 0.224. The van der Waals surface area contributed by atoms with E-state index in [9.17, 15) is 8.78 Å². The highest BCUT2D eigenvalue weighted by Crippen LogP contribution is 2.36. The molecule has 0 spiro atoms. The Balaban J connectivity index is 3.04. The zero-order valence-electron chi connectivity index (χ0n) is 6.10. The number of rotatable bonds is 2. The van der Waals surface area contributed by atoms with Crippen LogP contribution in [-0.4, -0.2) is 6.61 Å². The van der Waals surface area contributed by atoms with Gasteiger partial charge in [-0.05, 0) is 12.1 Å². The van der Waals surface area contributed by atoms with Gasteiger partial charge in [0, 0.05) is 4.90 Å². The zero-order valence-corrected chi connectivity index (χ0v) is 8.51. The lowest BCUT2D eigenvalue weighted by atomic mass is 10.3. The molecule has 0 unspecified atom stereocenters. The highest BCUT2D eigenvalue weighted by atomic mass is 35.5. The van der Waals surface area contributed by atoms with Crippen LogP contribution in [0.2, 0.25) is 10.0 Å². The van der Waals surface area contributed by atoms with E-state index in [1.54, 1.807) is 0 Å². The number of alkyl halides is 2. The van der Waals surface area contributed by atoms with Gasteiger partial charge in [-0.3, -0.25) is 0 Å². The van der Waals surface area contributed by atoms with E-state index in [-0.39, 0.29) is 20.7 Å². The summed E-state index contributed by atoms with van der Waals surface area (Å²) >= 11 is 15.2. The molecular formula is C7H4Cl2F2OS. The fourth-order valence-corrected chi connectivity index (χ4v) is 1.31. The maximum Gasteiger partial charge on any atom is 0.387 e. The molecule has 1 nitrogen and oxygen atoms in total. The molecule has 72 valence electrons. The molecule has 0 amide bonds. The van der Waals surface area contributed by atoms with Crippen molar-refractivity contribution in [3.05, 3.63) is 22.2 Å². The van der Waals surface area contributed by atoms with Crippen LogP contribution in [0.3, 0.4) is 0 Å². The minimum atomic E-state index is -2.91. The Bertz CT molecular complexity index is 320. The Morgan fingerprint density at radius 2 is 1.92 bits per heavy atom. The van der Waals surface area contributed by atoms with Crippen molar-refractivity contribution in [2.75, 3.05) is 0 Å². The van der Waals surface area contributed by atoms with Crippen molar-refractivity contribution in [3.63, 3.8) is 0 Å². The van der Waals surface area contributed by atoms with Gasteiger partial charge < -0.3 is 4.74 Å². The van der Waals surface area contributed by atoms with Crippen molar-refractivity contribution in [1.82, 2.24) is 0 Å². The molecule has 0 N–H and O–H groups in total. The Hall–Kier alpha value is -0.190. The van der Waals surface area contributed by atoms with Crippen LogP contribution in [0.25, 0.3) is 0 Å². The molecule has 0 aliphatic carbocycles. The normalized spacial score (nSPS) is 10.6. The molecule has 0 fully saturated rings. The molecule has 0 aliphatic rings. The van der Waals surface area contributed by atoms with Gasteiger partial charge in [0.1, 0.15) is 5.75 Å². The van der Waals surface area contributed by atoms with Crippen molar-refractivity contribution in [1.29, 1.82) is 0 Å². The summed E-state index contributed by atoms with van der Waals surface area (Å²) in [6.45, 7) is -2.91. The standard InChI is InChI=1S/C7H4Cl2F2OS/c8-3-1-2-4(12-7(10)11)5(9)6(3)13/h1-2,7,13H. The van der Waals surface area contributed by atoms with E-state index in [1.165, 1.54) is 12.1 Å². The molecule has 0 atom stereocenters. The fraction of sp³-hybridized carbons (Fsp3) is 0.143. The Morgan fingerprint density at radius 3 is 2.46 bits per heavy atom. The van der Waals surface area contributed by atoms with E-state index in [0.29, 0.717) is 0 Å². The van der Waals surface area contributed by atoms with Crippen molar-refractivity contribution < 1.29 is 13.5 Å². The molecule has 1 aromatic carbocycles. The number of hydrogen-bond donors (Lipinski definition) is 1. The van der Waals surface area contributed by atoms with Gasteiger partial charge in [-0.2, -0.15) is 8.78 Å². The lowest BCUT2D eigenvalue weighted by Gasteiger charge is -2.08. The van der Waals surface area contributed by atoms with Crippen LogP contribution in [-0.2, 0) is 0 Å². The molecule has 0 aromatic heterocycles. The van der Waals surface area contributed by atoms with Gasteiger partial charge in [0.2, 0.25) is 0 Å². The van der Waals surface area contributed by atoms with E-state index >= 15 is 0 Å². The number of halogens is 4. The van der Waals surface area contributed by atoms with Gasteiger partial charge in [-0.1, -0.05) is 23.2 Å². The van der Waals surface area contributed by atoms with Crippen LogP contribution in [0.1, 0.15) is 0 Å². The highest BCUT2D eigenvalue weighted by Gasteiger charge is 2.12. The third kappa shape index (κ3) is 2.62. The van der Waals surface area contributed by atoms with Crippen LogP contribution in [0.5, 0.6) is 5.75 Å². The molecule has 1 rings (SSSR count). The van der Waals surface area contributed by atoms with Crippen LogP contribution in [0.15, 0.2) is 17.0 Å². The van der Waals surface area contributed by atoms with Gasteiger partial charge in [0.25, 0.3) is 0 Å². The van der Waals surface area contributed by atoms with E-state index < -0.39 is 6.61 Å². The zero-order chi connectivity index (χ0) is 10.0. The van der Waals surface area contributed by atoms with E-state index in [4.69, 9.17) is 23.2 Å². The molecule has 1 aromatic rings. The predicted octanol–water partition coefficient (Wildman–Crippen LogP) is 3.88. The monoisotopic (exact) mass is 244 g/mol. The molecule has 0 aliphatic heterocycles. The second kappa shape index (κ2) is 4.35. The fourth-order valence-electron chi connectivity index (χ4n) is 0.709. The molecule has 0 heterocycles. The molecule has 6 heteroatoms. The van der Waals surface area contributed by atoms with Crippen LogP contribution >= 0.6 is 35.8 Å². The number of hydrogen-bond acceptors (Lipinski definition) is 2. The predicted molar refractivity (Wildman–Crippen MR) is 50.3 cm³/mol. The summed E-state index contributed by atoms with van der Waals surface area (Å²) in [5.74, 6) is -0.133. The minimum absolute atomic E-state index is 0.0175. The topological polar surface area (TPSA) is 9.23 Å². The smallest absolute Gasteiger partial charge is 0.387 e. The quantitative estimate of drug-likeness (QED) is 0.778. The lowest BCUT2D eigenvalue weighted by Crippen LogP contribution is -2.02. The number of benzene rings is 1. The number of ether oxygens (including phenoxy) is 1. The van der Waals surface area contributed by atoms with Gasteiger partial charge in [-0.25, -0.2) is 0 Å². The van der Waals surface area contributed by atoms with Crippen molar-refractivity contribution in [3.8, 4) is 5.75 Å². The van der Waals surface area contributed by atoms with Gasteiger partial charge in [0.05, 0.1) is 10.0 Å². The van der Waals surface area contributed by atoms with Crippen molar-refractivity contribution >= 4 is 35.8 Å². The largest absolute Gasteiger partial charge is 0.433 e. The summed E-state index contributed by atoms with van der Waals surface area (Å²) in [7, 11) is 0. The highest BCUT2D eigenvalue weighted by molar-refractivity contribution is 7.80. The molecule has 13 heavy (non-hydrogen) atoms. The summed E-state index contributed by atoms with van der Waals surface area (Å²) in [5.41, 5.74) is 0. The van der Waals surface area contributed by atoms with Crippen LogP contribution in [0, 0.1) is 0 Å². The molecule has 0 saturated heterocycles. The summed E-state index contributed by atoms with van der Waals surface area (Å²) in [5, 5.41) is 0.270. The van der Waals surface area contributed by atoms with Gasteiger partial charge >= 0.3 is 6.61 Å². The van der Waals surface area contributed by atoms with Crippen molar-refractivity contribution in [2.45, 2.75) is 11.5 Å². The first-order valence-electron chi connectivity index (χ1n) is 3.14. The second-order valence-electron chi connectivity index (χ2n) is 2.09. The lowest BCUT2D eigenvalue weighted by molar-refractivity contribution is -0.0499. The SMILES string of the molecule is FC(F)Oc1ccc(Cl)c(S)c1Cl. The van der Waals surface area contributed by atoms with Crippen LogP contribution < -0.4 is 4.74 Å². The molecular weight excluding hydrogens is 241 g/mol. The summed E-state index contributed by atoms with van der Waals surface area (Å²) in [6.07, 6.45) is 0. The molecule has 0 bridgehead atoms. The second-order valence-corrected chi connectivity index (χ2v) is 3.32. The molecule has 0 radical (unpaired) electrons. The average Bonchev–Trinajstić information content (AvgIpc) is 2.06. The average molecular weight is 245 g/mol. The van der Waals surface area contributed by atoms with E-state index in [2.05, 4.69) is 17.4 Å². The Labute approximate surface area is 89.0 Å². The van der Waals surface area contributed by atoms with Crippen LogP contribution in [0.4, 0.5) is 8.78 Å².